The van der Waals surface area contributed by atoms with Crippen LogP contribution in [0.25, 0.3) is 5.69 Å². The zero-order valence-corrected chi connectivity index (χ0v) is 12.9. The van der Waals surface area contributed by atoms with E-state index in [9.17, 15) is 9.90 Å². The molecule has 0 spiro atoms. The fourth-order valence-electron chi connectivity index (χ4n) is 2.75. The quantitative estimate of drug-likeness (QED) is 0.914. The Balaban J connectivity index is 2.65. The summed E-state index contributed by atoms with van der Waals surface area (Å²) < 4.78 is 1.68. The van der Waals surface area contributed by atoms with Gasteiger partial charge in [0.15, 0.2) is 5.69 Å². The van der Waals surface area contributed by atoms with Crippen molar-refractivity contribution in [3.63, 3.8) is 0 Å². The summed E-state index contributed by atoms with van der Waals surface area (Å²) in [4.78, 5) is 11.4. The summed E-state index contributed by atoms with van der Waals surface area (Å²) in [5, 5.41) is 17.3. The molecule has 0 saturated carbocycles. The van der Waals surface area contributed by atoms with Crippen molar-refractivity contribution >= 4 is 5.97 Å². The number of aromatic carboxylic acids is 1. The Morgan fingerprint density at radius 3 is 2.24 bits per heavy atom. The van der Waals surface area contributed by atoms with Gasteiger partial charge in [0.05, 0.1) is 11.4 Å². The van der Waals surface area contributed by atoms with E-state index in [4.69, 9.17) is 0 Å². The van der Waals surface area contributed by atoms with Crippen LogP contribution in [0.15, 0.2) is 18.2 Å². The van der Waals surface area contributed by atoms with E-state index in [1.807, 2.05) is 26.0 Å². The molecule has 0 amide bonds. The van der Waals surface area contributed by atoms with Crippen LogP contribution in [-0.4, -0.2) is 26.1 Å². The molecule has 0 radical (unpaired) electrons. The first-order valence-corrected chi connectivity index (χ1v) is 7.25. The topological polar surface area (TPSA) is 68.0 Å². The first-order chi connectivity index (χ1) is 9.97. The van der Waals surface area contributed by atoms with Gasteiger partial charge < -0.3 is 5.11 Å². The van der Waals surface area contributed by atoms with Gasteiger partial charge in [-0.1, -0.05) is 25.1 Å². The molecule has 0 aliphatic heterocycles. The minimum atomic E-state index is -1.02. The third kappa shape index (κ3) is 2.96. The number of aryl methyl sites for hydroxylation is 2. The van der Waals surface area contributed by atoms with E-state index >= 15 is 0 Å². The van der Waals surface area contributed by atoms with E-state index in [1.54, 1.807) is 4.68 Å². The molecule has 21 heavy (non-hydrogen) atoms. The van der Waals surface area contributed by atoms with Crippen LogP contribution in [0.3, 0.4) is 0 Å². The monoisotopic (exact) mass is 287 g/mol. The molecule has 5 heteroatoms. The standard InChI is InChI=1S/C16H21N3O2/c1-5-12(6-2)15-14(16(20)21)17-18-19(15)13-8-10(3)7-11(4)9-13/h7-9,12H,5-6H2,1-4H3,(H,20,21). The molecule has 0 aliphatic carbocycles. The number of hydrogen-bond donors (Lipinski definition) is 1. The van der Waals surface area contributed by atoms with Crippen molar-refractivity contribution < 1.29 is 9.90 Å². The van der Waals surface area contributed by atoms with Gasteiger partial charge in [-0.25, -0.2) is 9.48 Å². The highest BCUT2D eigenvalue weighted by Crippen LogP contribution is 2.28. The molecule has 0 unspecified atom stereocenters. The number of nitrogens with zero attached hydrogens (tertiary/aromatic N) is 3. The molecule has 1 aromatic heterocycles. The van der Waals surface area contributed by atoms with Crippen LogP contribution < -0.4 is 0 Å². The van der Waals surface area contributed by atoms with Crippen LogP contribution in [0.1, 0.15) is 59.9 Å². The average molecular weight is 287 g/mol. The van der Waals surface area contributed by atoms with E-state index in [1.165, 1.54) is 0 Å². The lowest BCUT2D eigenvalue weighted by atomic mass is 9.97. The second kappa shape index (κ2) is 6.08. The van der Waals surface area contributed by atoms with Crippen molar-refractivity contribution in [1.82, 2.24) is 15.0 Å². The van der Waals surface area contributed by atoms with Crippen LogP contribution in [0.2, 0.25) is 0 Å². The zero-order chi connectivity index (χ0) is 15.6. The second-order valence-electron chi connectivity index (χ2n) is 5.40. The molecule has 1 aromatic carbocycles. The predicted octanol–water partition coefficient (Wildman–Crippen LogP) is 3.49. The van der Waals surface area contributed by atoms with Crippen LogP contribution in [0, 0.1) is 13.8 Å². The number of carbonyl (C=O) groups is 1. The van der Waals surface area contributed by atoms with Gasteiger partial charge >= 0.3 is 5.97 Å². The number of carboxylic acid groups (broad SMARTS) is 1. The van der Waals surface area contributed by atoms with Gasteiger partial charge in [-0.15, -0.1) is 5.10 Å². The maximum absolute atomic E-state index is 11.4. The molecule has 0 fully saturated rings. The summed E-state index contributed by atoms with van der Waals surface area (Å²) in [6.45, 7) is 8.14. The average Bonchev–Trinajstić information content (AvgIpc) is 2.84. The smallest absolute Gasteiger partial charge is 0.358 e. The van der Waals surface area contributed by atoms with Crippen molar-refractivity contribution in [2.45, 2.75) is 46.5 Å². The number of benzene rings is 1. The van der Waals surface area contributed by atoms with Crippen LogP contribution in [0.5, 0.6) is 0 Å². The number of carboxylic acids is 1. The Morgan fingerprint density at radius 2 is 1.76 bits per heavy atom. The van der Waals surface area contributed by atoms with Gasteiger partial charge in [0.25, 0.3) is 0 Å². The van der Waals surface area contributed by atoms with Crippen molar-refractivity contribution in [2.24, 2.45) is 0 Å². The fourth-order valence-corrected chi connectivity index (χ4v) is 2.75. The van der Waals surface area contributed by atoms with Gasteiger partial charge in [0, 0.05) is 5.92 Å². The van der Waals surface area contributed by atoms with Crippen molar-refractivity contribution in [2.75, 3.05) is 0 Å². The molecule has 0 atom stereocenters. The molecule has 2 aromatic rings. The van der Waals surface area contributed by atoms with Gasteiger partial charge in [0.2, 0.25) is 0 Å². The van der Waals surface area contributed by atoms with Gasteiger partial charge in [0.1, 0.15) is 0 Å². The van der Waals surface area contributed by atoms with E-state index in [-0.39, 0.29) is 11.6 Å². The Hall–Kier alpha value is -2.17. The molecule has 1 heterocycles. The van der Waals surface area contributed by atoms with E-state index in [0.717, 1.165) is 29.7 Å². The van der Waals surface area contributed by atoms with Crippen molar-refractivity contribution in [3.8, 4) is 5.69 Å². The summed E-state index contributed by atoms with van der Waals surface area (Å²) in [6, 6.07) is 6.08. The maximum atomic E-state index is 11.4. The fraction of sp³-hybridized carbons (Fsp3) is 0.438. The van der Waals surface area contributed by atoms with Crippen molar-refractivity contribution in [1.29, 1.82) is 0 Å². The Bertz CT molecular complexity index is 637. The summed E-state index contributed by atoms with van der Waals surface area (Å²) in [5.74, 6) is -0.889. The Labute approximate surface area is 124 Å². The summed E-state index contributed by atoms with van der Waals surface area (Å²) in [7, 11) is 0. The normalized spacial score (nSPS) is 11.1. The molecule has 112 valence electrons. The van der Waals surface area contributed by atoms with E-state index < -0.39 is 5.97 Å². The van der Waals surface area contributed by atoms with E-state index in [0.29, 0.717) is 5.69 Å². The first-order valence-electron chi connectivity index (χ1n) is 7.25. The number of hydrogen-bond acceptors (Lipinski definition) is 3. The zero-order valence-electron chi connectivity index (χ0n) is 12.9. The lowest BCUT2D eigenvalue weighted by molar-refractivity contribution is 0.0688. The first kappa shape index (κ1) is 15.2. The van der Waals surface area contributed by atoms with E-state index in [2.05, 4.69) is 30.2 Å². The van der Waals surface area contributed by atoms with Crippen LogP contribution in [-0.2, 0) is 0 Å². The highest BCUT2D eigenvalue weighted by atomic mass is 16.4. The largest absolute Gasteiger partial charge is 0.476 e. The minimum Gasteiger partial charge on any atom is -0.476 e. The van der Waals surface area contributed by atoms with Crippen LogP contribution >= 0.6 is 0 Å². The Kier molecular flexibility index (Phi) is 4.40. The molecular formula is C16H21N3O2. The number of rotatable bonds is 5. The molecule has 1 N–H and O–H groups in total. The highest BCUT2D eigenvalue weighted by Gasteiger charge is 2.25. The van der Waals surface area contributed by atoms with Gasteiger partial charge in [-0.2, -0.15) is 0 Å². The highest BCUT2D eigenvalue weighted by molar-refractivity contribution is 5.86. The predicted molar refractivity (Wildman–Crippen MR) is 81.1 cm³/mol. The molecule has 0 bridgehead atoms. The molecular weight excluding hydrogens is 266 g/mol. The lowest BCUT2D eigenvalue weighted by Crippen LogP contribution is -2.11. The third-order valence-electron chi connectivity index (χ3n) is 3.73. The maximum Gasteiger partial charge on any atom is 0.358 e. The molecule has 5 nitrogen and oxygen atoms in total. The SMILES string of the molecule is CCC(CC)c1c(C(=O)O)nnn1-c1cc(C)cc(C)c1. The minimum absolute atomic E-state index is 0.0582. The molecule has 0 saturated heterocycles. The third-order valence-corrected chi connectivity index (χ3v) is 3.73. The summed E-state index contributed by atoms with van der Waals surface area (Å²) >= 11 is 0. The van der Waals surface area contributed by atoms with Gasteiger partial charge in [-0.05, 0) is 49.9 Å². The van der Waals surface area contributed by atoms with Crippen molar-refractivity contribution in [3.05, 3.63) is 40.7 Å². The Morgan fingerprint density at radius 1 is 1.19 bits per heavy atom. The van der Waals surface area contributed by atoms with Crippen LogP contribution in [0.4, 0.5) is 0 Å². The number of aromatic nitrogens is 3. The molecule has 2 rings (SSSR count). The van der Waals surface area contributed by atoms with Gasteiger partial charge in [-0.3, -0.25) is 0 Å². The second-order valence-corrected chi connectivity index (χ2v) is 5.40. The lowest BCUT2D eigenvalue weighted by Gasteiger charge is -2.15. The molecule has 0 aliphatic rings. The summed E-state index contributed by atoms with van der Waals surface area (Å²) in [6.07, 6.45) is 1.71. The summed E-state index contributed by atoms with van der Waals surface area (Å²) in [5.41, 5.74) is 3.86.